The minimum absolute atomic E-state index is 0.427. The zero-order valence-corrected chi connectivity index (χ0v) is 13.5. The second-order valence-electron chi connectivity index (χ2n) is 6.15. The molecule has 112 valence electrons. The van der Waals surface area contributed by atoms with Crippen molar-refractivity contribution in [2.75, 3.05) is 0 Å². The maximum Gasteiger partial charge on any atom is 0.234 e. The van der Waals surface area contributed by atoms with E-state index in [9.17, 15) is 9.59 Å². The zero-order chi connectivity index (χ0) is 16.0. The molecule has 0 spiro atoms. The number of hydrogen-bond acceptors (Lipinski definition) is 3. The van der Waals surface area contributed by atoms with E-state index in [-0.39, 0.29) is 0 Å². The van der Waals surface area contributed by atoms with Gasteiger partial charge in [-0.3, -0.25) is 9.59 Å². The number of ether oxygens (including phenoxy) is 1. The molecule has 1 aromatic rings. The lowest BCUT2D eigenvalue weighted by Gasteiger charge is -2.34. The quantitative estimate of drug-likeness (QED) is 0.676. The molecule has 0 N–H and O–H groups in total. The van der Waals surface area contributed by atoms with E-state index in [0.717, 1.165) is 5.56 Å². The highest BCUT2D eigenvalue weighted by molar-refractivity contribution is 6.52. The summed E-state index contributed by atoms with van der Waals surface area (Å²) in [6.07, 6.45) is 0. The molecule has 0 bridgehead atoms. The molecule has 2 aliphatic rings. The first-order valence-corrected chi connectivity index (χ1v) is 7.39. The number of carbonyl (C=O) groups excluding carboxylic acids is 2. The monoisotopic (exact) mass is 286 g/mol. The van der Waals surface area contributed by atoms with Gasteiger partial charge in [0, 0.05) is 16.5 Å². The molecule has 0 radical (unpaired) electrons. The third kappa shape index (κ3) is 1.95. The third-order valence-corrected chi connectivity index (χ3v) is 4.56. The Hall–Kier alpha value is -1.90. The molecule has 1 aromatic carbocycles. The molecule has 1 aliphatic carbocycles. The molecule has 0 saturated carbocycles. The van der Waals surface area contributed by atoms with E-state index >= 15 is 0 Å². The zero-order valence-electron chi connectivity index (χ0n) is 13.5. The number of benzene rings is 1. The van der Waals surface area contributed by atoms with Crippen molar-refractivity contribution in [2.24, 2.45) is 5.41 Å². The first-order valence-electron chi connectivity index (χ1n) is 7.39. The molecule has 21 heavy (non-hydrogen) atoms. The second kappa shape index (κ2) is 4.83. The number of carbonyl (C=O) groups is 2. The summed E-state index contributed by atoms with van der Waals surface area (Å²) < 4.78 is 6.02. The summed E-state index contributed by atoms with van der Waals surface area (Å²) in [5.41, 5.74) is 0.704. The van der Waals surface area contributed by atoms with Crippen molar-refractivity contribution in [1.82, 2.24) is 0 Å². The van der Waals surface area contributed by atoms with Crippen molar-refractivity contribution in [3.8, 4) is 0 Å². The van der Waals surface area contributed by atoms with Crippen molar-refractivity contribution >= 4 is 17.3 Å². The average molecular weight is 286 g/mol. The van der Waals surface area contributed by atoms with Crippen molar-refractivity contribution in [3.63, 3.8) is 0 Å². The standard InChI is InChI=1S/C16H16O3.C2H6/c1-15(2)11-13(18)12(17)9-7-5-6-8-10(9)14(11)19-16(15,3)4;1-2/h5-8H,1-4H3;1-2H3. The molecule has 0 saturated heterocycles. The lowest BCUT2D eigenvalue weighted by atomic mass is 9.69. The Morgan fingerprint density at radius 2 is 1.38 bits per heavy atom. The summed E-state index contributed by atoms with van der Waals surface area (Å²) >= 11 is 0. The van der Waals surface area contributed by atoms with Gasteiger partial charge < -0.3 is 4.74 Å². The van der Waals surface area contributed by atoms with Crippen LogP contribution in [0.3, 0.4) is 0 Å². The van der Waals surface area contributed by atoms with Crippen molar-refractivity contribution in [3.05, 3.63) is 41.0 Å². The van der Waals surface area contributed by atoms with Gasteiger partial charge in [0.1, 0.15) is 11.4 Å². The van der Waals surface area contributed by atoms with Crippen LogP contribution < -0.4 is 0 Å². The second-order valence-corrected chi connectivity index (χ2v) is 6.15. The van der Waals surface area contributed by atoms with Gasteiger partial charge in [0.25, 0.3) is 0 Å². The predicted molar refractivity (Wildman–Crippen MR) is 83.0 cm³/mol. The summed E-state index contributed by atoms with van der Waals surface area (Å²) in [5.74, 6) is -0.275. The van der Waals surface area contributed by atoms with E-state index in [1.807, 2.05) is 53.7 Å². The fraction of sp³-hybridized carbons (Fsp3) is 0.444. The largest absolute Gasteiger partial charge is 0.486 e. The number of rotatable bonds is 0. The van der Waals surface area contributed by atoms with Gasteiger partial charge in [0.05, 0.1) is 5.57 Å². The van der Waals surface area contributed by atoms with Gasteiger partial charge in [-0.2, -0.15) is 0 Å². The van der Waals surface area contributed by atoms with Crippen molar-refractivity contribution in [1.29, 1.82) is 0 Å². The summed E-state index contributed by atoms with van der Waals surface area (Å²) in [4.78, 5) is 24.6. The van der Waals surface area contributed by atoms with E-state index in [1.165, 1.54) is 0 Å². The minimum Gasteiger partial charge on any atom is -0.486 e. The fourth-order valence-electron chi connectivity index (χ4n) is 2.71. The molecule has 3 nitrogen and oxygen atoms in total. The Kier molecular flexibility index (Phi) is 3.56. The summed E-state index contributed by atoms with van der Waals surface area (Å²) in [6, 6.07) is 7.14. The lowest BCUT2D eigenvalue weighted by molar-refractivity contribution is -0.113. The van der Waals surface area contributed by atoms with E-state index in [4.69, 9.17) is 4.74 Å². The van der Waals surface area contributed by atoms with E-state index in [2.05, 4.69) is 0 Å². The Labute approximate surface area is 126 Å². The molecule has 0 amide bonds. The predicted octanol–water partition coefficient (Wildman–Crippen LogP) is 4.02. The molecular formula is C18H22O3. The van der Waals surface area contributed by atoms with Gasteiger partial charge in [-0.05, 0) is 13.8 Å². The highest BCUT2D eigenvalue weighted by atomic mass is 16.5. The lowest BCUT2D eigenvalue weighted by Crippen LogP contribution is -2.40. The van der Waals surface area contributed by atoms with Crippen LogP contribution in [-0.2, 0) is 9.53 Å². The SMILES string of the molecule is CC.CC1(C)OC2=C(C(=O)C(=O)c3ccccc32)C1(C)C. The van der Waals surface area contributed by atoms with Crippen LogP contribution in [-0.4, -0.2) is 17.2 Å². The van der Waals surface area contributed by atoms with Crippen LogP contribution in [0.2, 0.25) is 0 Å². The first-order chi connectivity index (χ1) is 9.77. The van der Waals surface area contributed by atoms with Crippen LogP contribution in [0.15, 0.2) is 29.8 Å². The summed E-state index contributed by atoms with van der Waals surface area (Å²) in [7, 11) is 0. The van der Waals surface area contributed by atoms with Gasteiger partial charge in [0.2, 0.25) is 11.6 Å². The Balaban J connectivity index is 0.000000774. The normalized spacial score (nSPS) is 21.0. The number of fused-ring (bicyclic) bond motifs is 2. The van der Waals surface area contributed by atoms with Crippen LogP contribution in [0.1, 0.15) is 57.5 Å². The molecular weight excluding hydrogens is 264 g/mol. The van der Waals surface area contributed by atoms with Crippen LogP contribution in [0.25, 0.3) is 5.76 Å². The highest BCUT2D eigenvalue weighted by Gasteiger charge is 2.55. The number of Topliss-reactive ketones (excluding diaryl/α,β-unsaturated/α-hetero) is 2. The van der Waals surface area contributed by atoms with Crippen LogP contribution >= 0.6 is 0 Å². The first kappa shape index (κ1) is 15.5. The minimum atomic E-state index is -0.509. The van der Waals surface area contributed by atoms with Gasteiger partial charge in [-0.15, -0.1) is 0 Å². The molecule has 3 heteroatoms. The smallest absolute Gasteiger partial charge is 0.234 e. The van der Waals surface area contributed by atoms with E-state index in [0.29, 0.717) is 16.9 Å². The third-order valence-electron chi connectivity index (χ3n) is 4.56. The Bertz CT molecular complexity index is 648. The van der Waals surface area contributed by atoms with Gasteiger partial charge in [0.15, 0.2) is 0 Å². The molecule has 3 rings (SSSR count). The fourth-order valence-corrected chi connectivity index (χ4v) is 2.71. The van der Waals surface area contributed by atoms with Gasteiger partial charge in [-0.1, -0.05) is 52.0 Å². The van der Waals surface area contributed by atoms with Gasteiger partial charge >= 0.3 is 0 Å². The Morgan fingerprint density at radius 1 is 0.857 bits per heavy atom. The van der Waals surface area contributed by atoms with Crippen LogP contribution in [0.4, 0.5) is 0 Å². The number of ketones is 2. The molecule has 0 aromatic heterocycles. The molecule has 0 atom stereocenters. The molecule has 1 heterocycles. The van der Waals surface area contributed by atoms with Crippen molar-refractivity contribution in [2.45, 2.75) is 47.1 Å². The summed E-state index contributed by atoms with van der Waals surface area (Å²) in [5, 5.41) is 0. The Morgan fingerprint density at radius 3 is 1.95 bits per heavy atom. The maximum atomic E-state index is 12.4. The van der Waals surface area contributed by atoms with Crippen LogP contribution in [0, 0.1) is 5.41 Å². The molecule has 0 unspecified atom stereocenters. The molecule has 0 fully saturated rings. The maximum absolute atomic E-state index is 12.4. The van der Waals surface area contributed by atoms with E-state index < -0.39 is 22.6 Å². The molecule has 1 aliphatic heterocycles. The summed E-state index contributed by atoms with van der Waals surface area (Å²) in [6.45, 7) is 11.8. The van der Waals surface area contributed by atoms with Gasteiger partial charge in [-0.25, -0.2) is 0 Å². The average Bonchev–Trinajstić information content (AvgIpc) is 2.65. The van der Waals surface area contributed by atoms with Crippen LogP contribution in [0.5, 0.6) is 0 Å². The van der Waals surface area contributed by atoms with E-state index in [1.54, 1.807) is 12.1 Å². The van der Waals surface area contributed by atoms with Crippen molar-refractivity contribution < 1.29 is 14.3 Å². The highest BCUT2D eigenvalue weighted by Crippen LogP contribution is 2.54. The topological polar surface area (TPSA) is 43.4 Å². The number of hydrogen-bond donors (Lipinski definition) is 0.